The van der Waals surface area contributed by atoms with Crippen molar-refractivity contribution in [3.05, 3.63) is 34.5 Å². The molecule has 0 unspecified atom stereocenters. The van der Waals surface area contributed by atoms with Gasteiger partial charge in [-0.1, -0.05) is 0 Å². The summed E-state index contributed by atoms with van der Waals surface area (Å²) in [6, 6.07) is 1.90. The smallest absolute Gasteiger partial charge is 0.319 e. The molecule has 1 aliphatic carbocycles. The number of likely N-dealkylation sites (N-methyl/N-ethyl adjacent to an activating group) is 1. The number of thiophene rings is 1. The van der Waals surface area contributed by atoms with Gasteiger partial charge in [0.1, 0.15) is 28.4 Å². The first-order valence-electron chi connectivity index (χ1n) is 16.1. The lowest BCUT2D eigenvalue weighted by Crippen LogP contribution is -2.42. The van der Waals surface area contributed by atoms with Crippen LogP contribution in [0.15, 0.2) is 6.20 Å². The zero-order valence-electron chi connectivity index (χ0n) is 26.1. The van der Waals surface area contributed by atoms with E-state index < -0.39 is 17.7 Å². The lowest BCUT2D eigenvalue weighted by Gasteiger charge is -2.30. The second-order valence-electron chi connectivity index (χ2n) is 13.6. The molecule has 9 rings (SSSR count). The molecule has 248 valence electrons. The van der Waals surface area contributed by atoms with Gasteiger partial charge in [-0.25, -0.2) is 8.78 Å². The van der Waals surface area contributed by atoms with Gasteiger partial charge in [0.25, 0.3) is 0 Å². The Bertz CT molecular complexity index is 2080. The summed E-state index contributed by atoms with van der Waals surface area (Å²) in [6.07, 6.45) is 4.93. The van der Waals surface area contributed by atoms with E-state index in [0.29, 0.717) is 48.2 Å². The Morgan fingerprint density at radius 2 is 2.08 bits per heavy atom. The van der Waals surface area contributed by atoms with Crippen LogP contribution in [0.25, 0.3) is 32.2 Å². The van der Waals surface area contributed by atoms with E-state index in [1.54, 1.807) is 11.9 Å². The molecule has 48 heavy (non-hydrogen) atoms. The zero-order chi connectivity index (χ0) is 32.9. The third kappa shape index (κ3) is 4.61. The third-order valence-corrected chi connectivity index (χ3v) is 11.6. The van der Waals surface area contributed by atoms with Gasteiger partial charge in [-0.15, -0.1) is 11.3 Å². The predicted molar refractivity (Wildman–Crippen MR) is 172 cm³/mol. The molecule has 0 spiro atoms. The number of likely N-dealkylation sites (tertiary alicyclic amines) is 2. The van der Waals surface area contributed by atoms with Crippen LogP contribution in [-0.4, -0.2) is 88.7 Å². The largest absolute Gasteiger partial charge is 0.463 e. The normalized spacial score (nSPS) is 24.2. The van der Waals surface area contributed by atoms with Gasteiger partial charge < -0.3 is 30.2 Å². The molecule has 4 fully saturated rings. The number of anilines is 2. The average Bonchev–Trinajstić information content (AvgIpc) is 3.61. The summed E-state index contributed by atoms with van der Waals surface area (Å²) in [5, 5.41) is 13.9. The molecule has 2 bridgehead atoms. The Labute approximate surface area is 277 Å². The number of hydrogen-bond acceptors (Lipinski definition) is 12. The number of amides is 1. The standard InChI is InChI=1S/C33H32F2N8O4S/c1-42-5-2-21(31(42)44)39-30-24-19-12-45-11-18(19)22(26-23-17(7-36)29(37)48-28(23)20(34)8-38-26)25(35)27(24)40-32(41-30)47-14-33(3-4-33)13-43-9-16-6-15(43)10-46-16/h8,15-16,21H,2-6,9-14,37H2,1H3,(H,39,40,41)/t15-,16-,21-/m1/s1. The van der Waals surface area contributed by atoms with Crippen molar-refractivity contribution in [1.29, 1.82) is 5.26 Å². The maximum absolute atomic E-state index is 17.2. The molecule has 1 saturated carbocycles. The van der Waals surface area contributed by atoms with Crippen molar-refractivity contribution in [3.63, 3.8) is 0 Å². The molecular formula is C33H32F2N8O4S. The number of carbonyl (C=O) groups is 1. The topological polar surface area (TPSA) is 152 Å². The monoisotopic (exact) mass is 674 g/mol. The number of nitrogens with two attached hydrogens (primary N) is 1. The number of rotatable bonds is 8. The number of morpholine rings is 1. The second kappa shape index (κ2) is 10.9. The number of carbonyl (C=O) groups excluding carboxylic acids is 1. The Hall–Kier alpha value is -4.23. The van der Waals surface area contributed by atoms with Crippen LogP contribution in [-0.2, 0) is 27.5 Å². The van der Waals surface area contributed by atoms with Gasteiger partial charge in [-0.3, -0.25) is 14.7 Å². The molecule has 3 saturated heterocycles. The van der Waals surface area contributed by atoms with Crippen LogP contribution >= 0.6 is 11.3 Å². The summed E-state index contributed by atoms with van der Waals surface area (Å²) in [5.41, 5.74) is 7.31. The lowest BCUT2D eigenvalue weighted by molar-refractivity contribution is -0.127. The Morgan fingerprint density at radius 3 is 2.79 bits per heavy atom. The fraction of sp³-hybridized carbons (Fsp3) is 0.485. The van der Waals surface area contributed by atoms with Gasteiger partial charge in [-0.05, 0) is 36.8 Å². The number of nitrogens with one attached hydrogen (secondary N) is 1. The Kier molecular flexibility index (Phi) is 6.78. The van der Waals surface area contributed by atoms with Gasteiger partial charge in [0, 0.05) is 49.1 Å². The number of fused-ring (bicyclic) bond motifs is 6. The highest BCUT2D eigenvalue weighted by atomic mass is 32.1. The van der Waals surface area contributed by atoms with Crippen molar-refractivity contribution in [2.24, 2.45) is 5.41 Å². The van der Waals surface area contributed by atoms with Crippen LogP contribution < -0.4 is 15.8 Å². The highest BCUT2D eigenvalue weighted by Gasteiger charge is 2.49. The molecule has 5 aliphatic rings. The molecule has 3 aromatic heterocycles. The lowest BCUT2D eigenvalue weighted by atomic mass is 9.93. The predicted octanol–water partition coefficient (Wildman–Crippen LogP) is 3.94. The molecule has 7 heterocycles. The van der Waals surface area contributed by atoms with Crippen molar-refractivity contribution in [1.82, 2.24) is 24.8 Å². The molecule has 15 heteroatoms. The molecule has 3 atom stereocenters. The molecule has 1 amide bonds. The minimum absolute atomic E-state index is 0.0141. The molecule has 4 aliphatic heterocycles. The maximum atomic E-state index is 17.2. The molecule has 3 N–H and O–H groups in total. The molecule has 1 aromatic carbocycles. The summed E-state index contributed by atoms with van der Waals surface area (Å²) in [4.78, 5) is 30.8. The van der Waals surface area contributed by atoms with Crippen LogP contribution in [0.2, 0.25) is 0 Å². The number of nitrogens with zero attached hydrogens (tertiary/aromatic N) is 6. The van der Waals surface area contributed by atoms with E-state index in [2.05, 4.69) is 20.2 Å². The fourth-order valence-electron chi connectivity index (χ4n) is 7.78. The van der Waals surface area contributed by atoms with Crippen LogP contribution in [0.4, 0.5) is 19.6 Å². The second-order valence-corrected chi connectivity index (χ2v) is 14.7. The van der Waals surface area contributed by atoms with E-state index in [-0.39, 0.29) is 73.8 Å². The Morgan fingerprint density at radius 1 is 1.25 bits per heavy atom. The number of nitriles is 1. The van der Waals surface area contributed by atoms with E-state index in [9.17, 15) is 14.4 Å². The highest BCUT2D eigenvalue weighted by molar-refractivity contribution is 7.23. The summed E-state index contributed by atoms with van der Waals surface area (Å²) in [6.45, 7) is 3.69. The van der Waals surface area contributed by atoms with Crippen molar-refractivity contribution in [2.45, 2.75) is 57.1 Å². The SMILES string of the molecule is CN1CC[C@@H](Nc2nc(OCC3(CN4C[C@H]5C[C@@H]4CO5)CC3)nc3c(F)c(-c4ncc(F)c5sc(N)c(C#N)c45)c4c(c23)COC4)C1=O. The van der Waals surface area contributed by atoms with Crippen LogP contribution in [0.5, 0.6) is 6.01 Å². The van der Waals surface area contributed by atoms with E-state index in [1.807, 2.05) is 6.07 Å². The summed E-state index contributed by atoms with van der Waals surface area (Å²) in [7, 11) is 1.74. The first-order valence-corrected chi connectivity index (χ1v) is 16.9. The number of benzene rings is 1. The quantitative estimate of drug-likeness (QED) is 0.280. The Balaban J connectivity index is 1.17. The number of pyridine rings is 1. The molecule has 12 nitrogen and oxygen atoms in total. The minimum Gasteiger partial charge on any atom is -0.463 e. The van der Waals surface area contributed by atoms with Gasteiger partial charge >= 0.3 is 6.01 Å². The number of hydrogen-bond donors (Lipinski definition) is 2. The first kappa shape index (κ1) is 29.9. The van der Waals surface area contributed by atoms with E-state index in [1.165, 1.54) is 0 Å². The van der Waals surface area contributed by atoms with E-state index in [0.717, 1.165) is 56.5 Å². The molecule has 0 radical (unpaired) electrons. The van der Waals surface area contributed by atoms with Gasteiger partial charge in [0.05, 0.1) is 60.1 Å². The first-order chi connectivity index (χ1) is 23.2. The minimum atomic E-state index is -0.734. The summed E-state index contributed by atoms with van der Waals surface area (Å²) >= 11 is 0.919. The van der Waals surface area contributed by atoms with Gasteiger partial charge in [0.15, 0.2) is 11.6 Å². The average molecular weight is 675 g/mol. The van der Waals surface area contributed by atoms with Crippen molar-refractivity contribution < 1.29 is 27.8 Å². The summed E-state index contributed by atoms with van der Waals surface area (Å²) < 4.78 is 50.2. The van der Waals surface area contributed by atoms with Crippen molar-refractivity contribution in [3.8, 4) is 23.3 Å². The number of aromatic nitrogens is 3. The molecule has 4 aromatic rings. The van der Waals surface area contributed by atoms with Gasteiger partial charge in [-0.2, -0.15) is 15.2 Å². The van der Waals surface area contributed by atoms with E-state index in [4.69, 9.17) is 24.9 Å². The number of halogens is 2. The number of ether oxygens (including phenoxy) is 3. The van der Waals surface area contributed by atoms with Crippen molar-refractivity contribution in [2.75, 3.05) is 50.9 Å². The van der Waals surface area contributed by atoms with Crippen LogP contribution in [0.3, 0.4) is 0 Å². The van der Waals surface area contributed by atoms with Gasteiger partial charge in [0.2, 0.25) is 5.91 Å². The third-order valence-electron chi connectivity index (χ3n) is 10.6. The molecular weight excluding hydrogens is 642 g/mol. The van der Waals surface area contributed by atoms with Crippen LogP contribution in [0.1, 0.15) is 42.4 Å². The number of nitrogen functional groups attached to an aromatic ring is 1. The summed E-state index contributed by atoms with van der Waals surface area (Å²) in [5.74, 6) is -1.20. The highest BCUT2D eigenvalue weighted by Crippen LogP contribution is 2.49. The van der Waals surface area contributed by atoms with Crippen LogP contribution in [0, 0.1) is 28.4 Å². The van der Waals surface area contributed by atoms with E-state index >= 15 is 4.39 Å². The maximum Gasteiger partial charge on any atom is 0.319 e. The fourth-order valence-corrected chi connectivity index (χ4v) is 8.70. The van der Waals surface area contributed by atoms with Crippen molar-refractivity contribution >= 4 is 49.1 Å². The zero-order valence-corrected chi connectivity index (χ0v) is 27.0.